The van der Waals surface area contributed by atoms with Crippen molar-refractivity contribution in [2.75, 3.05) is 6.61 Å². The second-order valence-corrected chi connectivity index (χ2v) is 4.70. The molecule has 1 aliphatic heterocycles. The van der Waals surface area contributed by atoms with Crippen molar-refractivity contribution in [1.82, 2.24) is 0 Å². The Morgan fingerprint density at radius 1 is 1.35 bits per heavy atom. The zero-order chi connectivity index (χ0) is 14.7. The predicted octanol–water partition coefficient (Wildman–Crippen LogP) is 3.36. The van der Waals surface area contributed by atoms with Gasteiger partial charge in [-0.1, -0.05) is 13.0 Å². The van der Waals surface area contributed by atoms with Crippen molar-refractivity contribution in [3.63, 3.8) is 0 Å². The van der Waals surface area contributed by atoms with Crippen LogP contribution in [0.3, 0.4) is 0 Å². The van der Waals surface area contributed by atoms with Crippen LogP contribution in [-0.4, -0.2) is 18.8 Å². The smallest absolute Gasteiger partial charge is 0.335 e. The molecule has 2 rings (SSSR count). The minimum absolute atomic E-state index is 0.177. The monoisotopic (exact) mass is 279 g/mol. The number of esters is 1. The number of carbonyl (C=O) groups is 1. The van der Waals surface area contributed by atoms with E-state index in [4.69, 9.17) is 4.74 Å². The standard InChI is InChI=1S/C15H15F2NO2/c1-9(11-3-4-12(16)13(17)7-11)8-18-14-5-6-20-15(19)10(14)2/h3-4,7-9H,5-6H2,1-2H3/b18-8-. The molecule has 1 atom stereocenters. The van der Waals surface area contributed by atoms with Crippen molar-refractivity contribution in [2.24, 2.45) is 4.99 Å². The quantitative estimate of drug-likeness (QED) is 0.628. The molecule has 0 N–H and O–H groups in total. The molecular formula is C15H15F2NO2. The Morgan fingerprint density at radius 2 is 2.10 bits per heavy atom. The lowest BCUT2D eigenvalue weighted by Crippen LogP contribution is -2.15. The molecule has 0 fully saturated rings. The maximum absolute atomic E-state index is 13.2. The second-order valence-electron chi connectivity index (χ2n) is 4.70. The van der Waals surface area contributed by atoms with Gasteiger partial charge in [0.2, 0.25) is 0 Å². The highest BCUT2D eigenvalue weighted by atomic mass is 19.2. The summed E-state index contributed by atoms with van der Waals surface area (Å²) >= 11 is 0. The molecule has 1 aromatic rings. The number of aliphatic imine (C=N–C) groups is 1. The van der Waals surface area contributed by atoms with Gasteiger partial charge in [-0.25, -0.2) is 13.6 Å². The Balaban J connectivity index is 2.16. The fourth-order valence-corrected chi connectivity index (χ4v) is 1.90. The van der Waals surface area contributed by atoms with Gasteiger partial charge in [0, 0.05) is 18.6 Å². The molecule has 20 heavy (non-hydrogen) atoms. The third-order valence-corrected chi connectivity index (χ3v) is 3.23. The zero-order valence-corrected chi connectivity index (χ0v) is 11.3. The maximum atomic E-state index is 13.2. The Labute approximate surface area is 116 Å². The first-order chi connectivity index (χ1) is 9.49. The molecule has 0 spiro atoms. The molecule has 1 aliphatic rings. The lowest BCUT2D eigenvalue weighted by atomic mass is 10.0. The van der Waals surface area contributed by atoms with Crippen LogP contribution in [0.25, 0.3) is 0 Å². The highest BCUT2D eigenvalue weighted by Crippen LogP contribution is 2.20. The summed E-state index contributed by atoms with van der Waals surface area (Å²) in [4.78, 5) is 15.6. The molecular weight excluding hydrogens is 264 g/mol. The first kappa shape index (κ1) is 14.4. The van der Waals surface area contributed by atoms with E-state index in [0.717, 1.165) is 12.1 Å². The van der Waals surface area contributed by atoms with E-state index in [1.54, 1.807) is 13.1 Å². The van der Waals surface area contributed by atoms with Gasteiger partial charge in [0.1, 0.15) is 0 Å². The average molecular weight is 279 g/mol. The number of cyclic esters (lactones) is 1. The Morgan fingerprint density at radius 3 is 2.80 bits per heavy atom. The van der Waals surface area contributed by atoms with E-state index in [-0.39, 0.29) is 11.9 Å². The van der Waals surface area contributed by atoms with Crippen molar-refractivity contribution in [1.29, 1.82) is 0 Å². The Hall–Kier alpha value is -2.04. The molecule has 0 aliphatic carbocycles. The van der Waals surface area contributed by atoms with Crippen molar-refractivity contribution >= 4 is 12.2 Å². The summed E-state index contributed by atoms with van der Waals surface area (Å²) < 4.78 is 30.9. The number of carbonyl (C=O) groups excluding carboxylic acids is 1. The van der Waals surface area contributed by atoms with Crippen LogP contribution in [0.2, 0.25) is 0 Å². The largest absolute Gasteiger partial charge is 0.462 e. The van der Waals surface area contributed by atoms with Crippen LogP contribution in [0.5, 0.6) is 0 Å². The molecule has 3 nitrogen and oxygen atoms in total. The van der Waals surface area contributed by atoms with Gasteiger partial charge in [-0.3, -0.25) is 4.99 Å². The second kappa shape index (κ2) is 5.94. The van der Waals surface area contributed by atoms with E-state index in [0.29, 0.717) is 29.9 Å². The fourth-order valence-electron chi connectivity index (χ4n) is 1.90. The summed E-state index contributed by atoms with van der Waals surface area (Å²) in [5, 5.41) is 0. The molecule has 0 amide bonds. The van der Waals surface area contributed by atoms with Crippen LogP contribution in [0.1, 0.15) is 31.7 Å². The Kier molecular flexibility index (Phi) is 4.27. The zero-order valence-electron chi connectivity index (χ0n) is 11.3. The van der Waals surface area contributed by atoms with Gasteiger partial charge in [-0.15, -0.1) is 0 Å². The van der Waals surface area contributed by atoms with Gasteiger partial charge in [0.05, 0.1) is 17.9 Å². The first-order valence-electron chi connectivity index (χ1n) is 6.35. The molecule has 1 heterocycles. The molecule has 1 aromatic carbocycles. The average Bonchev–Trinajstić information content (AvgIpc) is 2.43. The fraction of sp³-hybridized carbons (Fsp3) is 0.333. The number of hydrogen-bond donors (Lipinski definition) is 0. The minimum atomic E-state index is -0.876. The molecule has 0 saturated carbocycles. The number of halogens is 2. The van der Waals surface area contributed by atoms with Crippen LogP contribution in [0, 0.1) is 11.6 Å². The molecule has 5 heteroatoms. The molecule has 1 unspecified atom stereocenters. The summed E-state index contributed by atoms with van der Waals surface area (Å²) in [6.45, 7) is 3.81. The number of rotatable bonds is 3. The topological polar surface area (TPSA) is 38.7 Å². The summed E-state index contributed by atoms with van der Waals surface area (Å²) in [6, 6.07) is 3.77. The van der Waals surface area contributed by atoms with Gasteiger partial charge in [-0.2, -0.15) is 0 Å². The lowest BCUT2D eigenvalue weighted by Gasteiger charge is -2.14. The number of nitrogens with zero attached hydrogens (tertiary/aromatic N) is 1. The van der Waals surface area contributed by atoms with Crippen LogP contribution >= 0.6 is 0 Å². The molecule has 0 saturated heterocycles. The van der Waals surface area contributed by atoms with E-state index < -0.39 is 11.6 Å². The summed E-state index contributed by atoms with van der Waals surface area (Å²) in [7, 11) is 0. The summed E-state index contributed by atoms with van der Waals surface area (Å²) in [6.07, 6.45) is 2.20. The lowest BCUT2D eigenvalue weighted by molar-refractivity contribution is -0.140. The highest BCUT2D eigenvalue weighted by molar-refractivity contribution is 5.89. The molecule has 0 aromatic heterocycles. The van der Waals surface area contributed by atoms with E-state index in [9.17, 15) is 13.6 Å². The van der Waals surface area contributed by atoms with Crippen LogP contribution in [0.15, 0.2) is 34.5 Å². The molecule has 106 valence electrons. The summed E-state index contributed by atoms with van der Waals surface area (Å²) in [5.74, 6) is -2.28. The number of ether oxygens (including phenoxy) is 1. The Bertz CT molecular complexity index is 594. The van der Waals surface area contributed by atoms with Gasteiger partial charge >= 0.3 is 5.97 Å². The van der Waals surface area contributed by atoms with Crippen LogP contribution in [-0.2, 0) is 9.53 Å². The van der Waals surface area contributed by atoms with E-state index in [2.05, 4.69) is 4.99 Å². The first-order valence-corrected chi connectivity index (χ1v) is 6.35. The molecule has 0 radical (unpaired) electrons. The van der Waals surface area contributed by atoms with E-state index in [1.807, 2.05) is 6.92 Å². The SMILES string of the molecule is CC1=C(/N=C\C(C)c2ccc(F)c(F)c2)CCOC1=O. The minimum Gasteiger partial charge on any atom is -0.462 e. The van der Waals surface area contributed by atoms with Gasteiger partial charge in [0.15, 0.2) is 11.6 Å². The predicted molar refractivity (Wildman–Crippen MR) is 71.5 cm³/mol. The third kappa shape index (κ3) is 3.10. The van der Waals surface area contributed by atoms with Crippen molar-refractivity contribution in [3.05, 3.63) is 46.7 Å². The van der Waals surface area contributed by atoms with Crippen molar-refractivity contribution < 1.29 is 18.3 Å². The van der Waals surface area contributed by atoms with Crippen LogP contribution < -0.4 is 0 Å². The normalized spacial score (nSPS) is 17.5. The van der Waals surface area contributed by atoms with E-state index >= 15 is 0 Å². The van der Waals surface area contributed by atoms with Gasteiger partial charge < -0.3 is 4.74 Å². The van der Waals surface area contributed by atoms with Gasteiger partial charge in [-0.05, 0) is 24.6 Å². The van der Waals surface area contributed by atoms with Crippen molar-refractivity contribution in [2.45, 2.75) is 26.2 Å². The van der Waals surface area contributed by atoms with Crippen LogP contribution in [0.4, 0.5) is 8.78 Å². The highest BCUT2D eigenvalue weighted by Gasteiger charge is 2.17. The number of benzene rings is 1. The molecule has 0 bridgehead atoms. The third-order valence-electron chi connectivity index (χ3n) is 3.23. The van der Waals surface area contributed by atoms with Gasteiger partial charge in [0.25, 0.3) is 0 Å². The number of hydrogen-bond acceptors (Lipinski definition) is 3. The summed E-state index contributed by atoms with van der Waals surface area (Å²) in [5.41, 5.74) is 1.80. The maximum Gasteiger partial charge on any atom is 0.335 e. The van der Waals surface area contributed by atoms with Crippen molar-refractivity contribution in [3.8, 4) is 0 Å². The van der Waals surface area contributed by atoms with E-state index in [1.165, 1.54) is 6.07 Å².